The zero-order valence-corrected chi connectivity index (χ0v) is 14.7. The summed E-state index contributed by atoms with van der Waals surface area (Å²) in [6.45, 7) is 10.1. The molecule has 0 spiro atoms. The van der Waals surface area contributed by atoms with Gasteiger partial charge < -0.3 is 10.2 Å². The second-order valence-electron chi connectivity index (χ2n) is 8.88. The van der Waals surface area contributed by atoms with E-state index >= 15 is 0 Å². The highest BCUT2D eigenvalue weighted by molar-refractivity contribution is 5.76. The average Bonchev–Trinajstić information content (AvgIpc) is 2.50. The summed E-state index contributed by atoms with van der Waals surface area (Å²) in [5.74, 6) is -0.553. The minimum absolute atomic E-state index is 0.138. The van der Waals surface area contributed by atoms with Crippen molar-refractivity contribution in [2.45, 2.75) is 71.3 Å². The minimum Gasteiger partial charge on any atom is -0.481 e. The van der Waals surface area contributed by atoms with E-state index in [4.69, 9.17) is 0 Å². The topological polar surface area (TPSA) is 57.5 Å². The van der Waals surface area contributed by atoms with Crippen molar-refractivity contribution in [2.75, 3.05) is 0 Å². The van der Waals surface area contributed by atoms with Crippen LogP contribution in [0.3, 0.4) is 0 Å². The van der Waals surface area contributed by atoms with Crippen LogP contribution >= 0.6 is 0 Å². The molecule has 0 aromatic rings. The van der Waals surface area contributed by atoms with Crippen molar-refractivity contribution in [3.05, 3.63) is 24.3 Å². The Kier molecular flexibility index (Phi) is 3.61. The van der Waals surface area contributed by atoms with E-state index < -0.39 is 17.0 Å². The van der Waals surface area contributed by atoms with Crippen molar-refractivity contribution in [3.63, 3.8) is 0 Å². The first kappa shape index (κ1) is 16.8. The van der Waals surface area contributed by atoms with E-state index in [-0.39, 0.29) is 10.8 Å². The second-order valence-corrected chi connectivity index (χ2v) is 8.88. The molecule has 0 aromatic carbocycles. The van der Waals surface area contributed by atoms with Crippen molar-refractivity contribution in [1.29, 1.82) is 0 Å². The third-order valence-electron chi connectivity index (χ3n) is 7.68. The number of hydrogen-bond acceptors (Lipinski definition) is 2. The van der Waals surface area contributed by atoms with Gasteiger partial charge in [0.05, 0.1) is 11.0 Å². The van der Waals surface area contributed by atoms with Crippen LogP contribution < -0.4 is 0 Å². The molecule has 0 heterocycles. The fraction of sp³-hybridized carbons (Fsp3) is 0.750. The first-order valence-electron chi connectivity index (χ1n) is 8.90. The lowest BCUT2D eigenvalue weighted by Crippen LogP contribution is -2.67. The average molecular weight is 318 g/mol. The van der Waals surface area contributed by atoms with Gasteiger partial charge >= 0.3 is 5.97 Å². The van der Waals surface area contributed by atoms with Crippen molar-refractivity contribution in [3.8, 4) is 0 Å². The summed E-state index contributed by atoms with van der Waals surface area (Å²) in [5.41, 5.74) is -0.994. The van der Waals surface area contributed by atoms with E-state index in [0.29, 0.717) is 18.8 Å². The summed E-state index contributed by atoms with van der Waals surface area (Å²) in [6.07, 6.45) is 10.1. The van der Waals surface area contributed by atoms with Gasteiger partial charge in [-0.2, -0.15) is 0 Å². The van der Waals surface area contributed by atoms with Crippen molar-refractivity contribution in [1.82, 2.24) is 0 Å². The predicted molar refractivity (Wildman–Crippen MR) is 91.0 cm³/mol. The molecule has 0 saturated heterocycles. The Balaban J connectivity index is 2.06. The van der Waals surface area contributed by atoms with Gasteiger partial charge in [0.25, 0.3) is 0 Å². The lowest BCUT2D eigenvalue weighted by molar-refractivity contribution is -0.222. The number of aliphatic hydroxyl groups is 1. The Labute approximate surface area is 139 Å². The summed E-state index contributed by atoms with van der Waals surface area (Å²) in [5, 5.41) is 21.5. The van der Waals surface area contributed by atoms with Crippen LogP contribution in [0.25, 0.3) is 0 Å². The zero-order valence-electron chi connectivity index (χ0n) is 14.7. The molecule has 128 valence electrons. The molecule has 0 aliphatic heterocycles. The Morgan fingerprint density at radius 2 is 2.00 bits per heavy atom. The highest BCUT2D eigenvalue weighted by Gasteiger charge is 2.67. The summed E-state index contributed by atoms with van der Waals surface area (Å²) < 4.78 is 0. The first-order chi connectivity index (χ1) is 10.6. The van der Waals surface area contributed by atoms with Crippen LogP contribution in [0.1, 0.15) is 65.7 Å². The fourth-order valence-electron chi connectivity index (χ4n) is 5.79. The quantitative estimate of drug-likeness (QED) is 0.745. The third kappa shape index (κ3) is 2.02. The first-order valence-corrected chi connectivity index (χ1v) is 8.90. The molecule has 3 rings (SSSR count). The van der Waals surface area contributed by atoms with Crippen LogP contribution in [0.2, 0.25) is 0 Å². The van der Waals surface area contributed by atoms with Gasteiger partial charge in [-0.25, -0.2) is 0 Å². The lowest BCUT2D eigenvalue weighted by Gasteiger charge is -2.63. The molecular formula is C20H30O3. The Morgan fingerprint density at radius 3 is 2.61 bits per heavy atom. The summed E-state index contributed by atoms with van der Waals surface area (Å²) in [7, 11) is 0. The minimum atomic E-state index is -1.15. The van der Waals surface area contributed by atoms with Crippen molar-refractivity contribution < 1.29 is 15.0 Å². The Morgan fingerprint density at radius 1 is 1.30 bits per heavy atom. The smallest absolute Gasteiger partial charge is 0.312 e. The molecule has 2 fully saturated rings. The van der Waals surface area contributed by atoms with E-state index in [1.54, 1.807) is 6.92 Å². The number of hydrogen-bond donors (Lipinski definition) is 2. The molecule has 0 radical (unpaired) electrons. The van der Waals surface area contributed by atoms with Crippen molar-refractivity contribution in [2.24, 2.45) is 22.2 Å². The van der Waals surface area contributed by atoms with Gasteiger partial charge in [0.1, 0.15) is 0 Å². The van der Waals surface area contributed by atoms with Gasteiger partial charge in [0, 0.05) is 5.41 Å². The number of carboxylic acids is 1. The number of rotatable bonds is 2. The maximum absolute atomic E-state index is 12.0. The van der Waals surface area contributed by atoms with Crippen LogP contribution in [0.15, 0.2) is 24.3 Å². The van der Waals surface area contributed by atoms with Gasteiger partial charge in [0.15, 0.2) is 0 Å². The molecule has 2 saturated carbocycles. The maximum atomic E-state index is 12.0. The number of allylic oxidation sites excluding steroid dienone is 2. The monoisotopic (exact) mass is 318 g/mol. The third-order valence-corrected chi connectivity index (χ3v) is 7.68. The van der Waals surface area contributed by atoms with Crippen LogP contribution in [0.4, 0.5) is 0 Å². The molecule has 3 heteroatoms. The Hall–Kier alpha value is -1.09. The highest BCUT2D eigenvalue weighted by atomic mass is 16.4. The molecule has 5 atom stereocenters. The molecule has 3 aliphatic rings. The molecule has 0 bridgehead atoms. The predicted octanol–water partition coefficient (Wildman–Crippen LogP) is 4.32. The number of carboxylic acid groups (broad SMARTS) is 1. The summed E-state index contributed by atoms with van der Waals surface area (Å²) in [4.78, 5) is 12.0. The molecule has 3 nitrogen and oxygen atoms in total. The van der Waals surface area contributed by atoms with Gasteiger partial charge in [0.2, 0.25) is 0 Å². The SMILES string of the molecule is C=C[C@@]1(C)CC[C@H]2C(=CC[C@@]3(O)C(C)(C(=O)O)CCC[C@]23C)C1. The summed E-state index contributed by atoms with van der Waals surface area (Å²) >= 11 is 0. The zero-order chi connectivity index (χ0) is 17.1. The molecule has 23 heavy (non-hydrogen) atoms. The molecule has 1 unspecified atom stereocenters. The molecular weight excluding hydrogens is 288 g/mol. The van der Waals surface area contributed by atoms with E-state index in [1.165, 1.54) is 5.57 Å². The number of carbonyl (C=O) groups is 1. The number of fused-ring (bicyclic) bond motifs is 3. The normalized spacial score (nSPS) is 49.6. The van der Waals surface area contributed by atoms with Gasteiger partial charge in [-0.15, -0.1) is 6.58 Å². The summed E-state index contributed by atoms with van der Waals surface area (Å²) in [6, 6.07) is 0. The highest BCUT2D eigenvalue weighted by Crippen LogP contribution is 2.65. The van der Waals surface area contributed by atoms with Crippen LogP contribution in [-0.4, -0.2) is 21.8 Å². The molecule has 0 amide bonds. The van der Waals surface area contributed by atoms with Crippen LogP contribution in [0.5, 0.6) is 0 Å². The number of aliphatic carboxylic acids is 1. The van der Waals surface area contributed by atoms with Gasteiger partial charge in [-0.1, -0.05) is 38.0 Å². The largest absolute Gasteiger partial charge is 0.481 e. The lowest BCUT2D eigenvalue weighted by atomic mass is 9.43. The van der Waals surface area contributed by atoms with Crippen LogP contribution in [-0.2, 0) is 4.79 Å². The van der Waals surface area contributed by atoms with E-state index in [2.05, 4.69) is 32.6 Å². The molecule has 2 N–H and O–H groups in total. The standard InChI is InChI=1S/C20H30O3/c1-5-17(2)11-8-15-14(13-17)7-12-20(23)18(15,3)9-6-10-19(20,4)16(21)22/h5,7,15,23H,1,6,8-13H2,2-4H3,(H,21,22)/t15-,17-,18+,19?,20-/m0/s1. The van der Waals surface area contributed by atoms with E-state index in [0.717, 1.165) is 32.1 Å². The molecule has 3 aliphatic carbocycles. The van der Waals surface area contributed by atoms with Gasteiger partial charge in [-0.05, 0) is 56.8 Å². The van der Waals surface area contributed by atoms with E-state index in [1.807, 2.05) is 0 Å². The van der Waals surface area contributed by atoms with Gasteiger partial charge in [-0.3, -0.25) is 4.79 Å². The fourth-order valence-corrected chi connectivity index (χ4v) is 5.79. The molecule has 0 aromatic heterocycles. The van der Waals surface area contributed by atoms with Crippen molar-refractivity contribution >= 4 is 5.97 Å². The van der Waals surface area contributed by atoms with E-state index in [9.17, 15) is 15.0 Å². The second kappa shape index (κ2) is 4.95. The maximum Gasteiger partial charge on any atom is 0.312 e. The van der Waals surface area contributed by atoms with Crippen LogP contribution in [0, 0.1) is 22.2 Å². The Bertz CT molecular complexity index is 579.